The maximum absolute atomic E-state index is 13.2. The van der Waals surface area contributed by atoms with Crippen LogP contribution in [0.2, 0.25) is 0 Å². The van der Waals surface area contributed by atoms with Crippen LogP contribution in [-0.4, -0.2) is 52.1 Å². The highest BCUT2D eigenvalue weighted by Crippen LogP contribution is 2.33. The van der Waals surface area contributed by atoms with Crippen LogP contribution < -0.4 is 0 Å². The van der Waals surface area contributed by atoms with Gasteiger partial charge < -0.3 is 4.90 Å². The second-order valence-electron chi connectivity index (χ2n) is 7.17. The highest BCUT2D eigenvalue weighted by atomic mass is 16.2. The zero-order chi connectivity index (χ0) is 17.1. The number of carbonyl (C=O) groups excluding carboxylic acids is 1. The molecule has 0 spiro atoms. The molecule has 1 atom stereocenters. The number of hydrogen-bond acceptors (Lipinski definition) is 3. The van der Waals surface area contributed by atoms with E-state index in [0.717, 1.165) is 57.4 Å². The Bertz CT molecular complexity index is 671. The van der Waals surface area contributed by atoms with Crippen LogP contribution in [0.25, 0.3) is 0 Å². The Labute approximate surface area is 149 Å². The molecule has 2 aliphatic rings. The molecule has 3 heterocycles. The van der Waals surface area contributed by atoms with Gasteiger partial charge in [0.15, 0.2) is 0 Å². The Hall–Kier alpha value is -2.14. The Kier molecular flexibility index (Phi) is 4.83. The van der Waals surface area contributed by atoms with E-state index in [4.69, 9.17) is 0 Å². The molecule has 1 aromatic heterocycles. The third kappa shape index (κ3) is 3.47. The molecule has 132 valence electrons. The first-order valence-corrected chi connectivity index (χ1v) is 9.40. The van der Waals surface area contributed by atoms with E-state index in [9.17, 15) is 4.79 Å². The van der Waals surface area contributed by atoms with Crippen LogP contribution in [0.1, 0.15) is 48.9 Å². The van der Waals surface area contributed by atoms with Gasteiger partial charge in [-0.25, -0.2) is 0 Å². The normalized spacial score (nSPS) is 20.7. The van der Waals surface area contributed by atoms with E-state index in [-0.39, 0.29) is 11.9 Å². The maximum atomic E-state index is 13.2. The summed E-state index contributed by atoms with van der Waals surface area (Å²) in [5, 5.41) is 7.19. The number of H-pyrrole nitrogens is 1. The van der Waals surface area contributed by atoms with Gasteiger partial charge in [0, 0.05) is 30.9 Å². The summed E-state index contributed by atoms with van der Waals surface area (Å²) < 4.78 is 0. The van der Waals surface area contributed by atoms with Crippen molar-refractivity contribution in [3.05, 3.63) is 53.9 Å². The number of rotatable bonds is 4. The Morgan fingerprint density at radius 2 is 1.76 bits per heavy atom. The number of piperidine rings is 1. The van der Waals surface area contributed by atoms with Gasteiger partial charge in [0.1, 0.15) is 6.04 Å². The Balaban J connectivity index is 1.51. The molecule has 1 N–H and O–H groups in total. The van der Waals surface area contributed by atoms with Crippen LogP contribution in [0, 0.1) is 0 Å². The first-order chi connectivity index (χ1) is 12.3. The lowest BCUT2D eigenvalue weighted by Crippen LogP contribution is -2.45. The number of aromatic nitrogens is 2. The minimum Gasteiger partial charge on any atom is -0.341 e. The highest BCUT2D eigenvalue weighted by Gasteiger charge is 2.34. The number of nitrogens with one attached hydrogen (secondary N) is 1. The second-order valence-corrected chi connectivity index (χ2v) is 7.17. The number of aromatic amines is 1. The topological polar surface area (TPSA) is 52.2 Å². The number of nitrogens with zero attached hydrogens (tertiary/aromatic N) is 3. The monoisotopic (exact) mass is 338 g/mol. The summed E-state index contributed by atoms with van der Waals surface area (Å²) in [6.45, 7) is 3.71. The second kappa shape index (κ2) is 7.40. The van der Waals surface area contributed by atoms with Gasteiger partial charge in [-0.05, 0) is 50.4 Å². The summed E-state index contributed by atoms with van der Waals surface area (Å²) in [5.74, 6) is 0.806. The quantitative estimate of drug-likeness (QED) is 0.932. The number of likely N-dealkylation sites (tertiary alicyclic amines) is 2. The molecule has 0 aliphatic carbocycles. The minimum absolute atomic E-state index is 0.137. The zero-order valence-electron chi connectivity index (χ0n) is 14.6. The van der Waals surface area contributed by atoms with Gasteiger partial charge in [0.05, 0.1) is 0 Å². The van der Waals surface area contributed by atoms with E-state index in [2.05, 4.69) is 38.2 Å². The van der Waals surface area contributed by atoms with Gasteiger partial charge in [-0.3, -0.25) is 14.8 Å². The fourth-order valence-corrected chi connectivity index (χ4v) is 4.22. The fourth-order valence-electron chi connectivity index (χ4n) is 4.22. The molecular weight excluding hydrogens is 312 g/mol. The van der Waals surface area contributed by atoms with Gasteiger partial charge in [0.2, 0.25) is 5.91 Å². The summed E-state index contributed by atoms with van der Waals surface area (Å²) in [6.07, 6.45) is 6.23. The summed E-state index contributed by atoms with van der Waals surface area (Å²) in [4.78, 5) is 17.7. The molecule has 2 saturated heterocycles. The molecule has 0 unspecified atom stereocenters. The van der Waals surface area contributed by atoms with Gasteiger partial charge in [-0.1, -0.05) is 30.3 Å². The molecular formula is C20H26N4O. The van der Waals surface area contributed by atoms with Crippen molar-refractivity contribution >= 4 is 5.91 Å². The summed E-state index contributed by atoms with van der Waals surface area (Å²) in [7, 11) is 0. The Morgan fingerprint density at radius 1 is 1.04 bits per heavy atom. The highest BCUT2D eigenvalue weighted by molar-refractivity contribution is 5.83. The number of carbonyl (C=O) groups is 1. The molecule has 2 aromatic rings. The van der Waals surface area contributed by atoms with Gasteiger partial charge >= 0.3 is 0 Å². The molecule has 2 aliphatic heterocycles. The lowest BCUT2D eigenvalue weighted by Gasteiger charge is -2.38. The van der Waals surface area contributed by atoms with Crippen LogP contribution in [0.4, 0.5) is 0 Å². The van der Waals surface area contributed by atoms with Gasteiger partial charge in [-0.2, -0.15) is 5.10 Å². The molecule has 25 heavy (non-hydrogen) atoms. The molecule has 0 radical (unpaired) electrons. The van der Waals surface area contributed by atoms with Crippen LogP contribution in [0.3, 0.4) is 0 Å². The number of benzene rings is 1. The number of hydrogen-bond donors (Lipinski definition) is 1. The average Bonchev–Trinajstić information content (AvgIpc) is 3.37. The minimum atomic E-state index is -0.137. The first kappa shape index (κ1) is 16.3. The molecule has 5 nitrogen and oxygen atoms in total. The number of amides is 1. The molecule has 4 rings (SSSR count). The van der Waals surface area contributed by atoms with E-state index in [1.54, 1.807) is 0 Å². The third-order valence-corrected chi connectivity index (χ3v) is 5.62. The molecule has 0 saturated carbocycles. The third-order valence-electron chi connectivity index (χ3n) is 5.62. The SMILES string of the molecule is O=C([C@H](c1ccccc1)N1CCC(c2ccn[nH]2)CC1)N1CCCC1. The van der Waals surface area contributed by atoms with Crippen molar-refractivity contribution in [2.24, 2.45) is 0 Å². The maximum Gasteiger partial charge on any atom is 0.244 e. The molecule has 5 heteroatoms. The van der Waals surface area contributed by atoms with Gasteiger partial charge in [-0.15, -0.1) is 0 Å². The van der Waals surface area contributed by atoms with E-state index in [1.165, 1.54) is 5.69 Å². The predicted octanol–water partition coefficient (Wildman–Crippen LogP) is 2.95. The van der Waals surface area contributed by atoms with Crippen LogP contribution >= 0.6 is 0 Å². The van der Waals surface area contributed by atoms with Crippen LogP contribution in [0.5, 0.6) is 0 Å². The summed E-state index contributed by atoms with van der Waals surface area (Å²) >= 11 is 0. The molecule has 2 fully saturated rings. The lowest BCUT2D eigenvalue weighted by molar-refractivity contribution is -0.136. The van der Waals surface area contributed by atoms with Crippen molar-refractivity contribution in [1.82, 2.24) is 20.0 Å². The zero-order valence-corrected chi connectivity index (χ0v) is 14.6. The van der Waals surface area contributed by atoms with Crippen molar-refractivity contribution in [3.63, 3.8) is 0 Å². The van der Waals surface area contributed by atoms with E-state index in [1.807, 2.05) is 24.4 Å². The smallest absolute Gasteiger partial charge is 0.244 e. The van der Waals surface area contributed by atoms with E-state index < -0.39 is 0 Å². The van der Waals surface area contributed by atoms with E-state index in [0.29, 0.717) is 5.92 Å². The lowest BCUT2D eigenvalue weighted by atomic mass is 9.91. The Morgan fingerprint density at radius 3 is 2.40 bits per heavy atom. The standard InChI is InChI=1S/C20H26N4O/c25-20(24-12-4-5-13-24)19(17-6-2-1-3-7-17)23-14-9-16(10-15-23)18-8-11-21-22-18/h1-3,6-8,11,16,19H,4-5,9-10,12-15H2,(H,21,22)/t19-/m0/s1. The average molecular weight is 338 g/mol. The van der Waals surface area contributed by atoms with Crippen molar-refractivity contribution in [3.8, 4) is 0 Å². The molecule has 0 bridgehead atoms. The van der Waals surface area contributed by atoms with Crippen molar-refractivity contribution in [2.75, 3.05) is 26.2 Å². The predicted molar refractivity (Wildman–Crippen MR) is 97.1 cm³/mol. The molecule has 1 amide bonds. The van der Waals surface area contributed by atoms with Crippen molar-refractivity contribution in [1.29, 1.82) is 0 Å². The van der Waals surface area contributed by atoms with E-state index >= 15 is 0 Å². The summed E-state index contributed by atoms with van der Waals surface area (Å²) in [6, 6.07) is 12.2. The molecule has 1 aromatic carbocycles. The van der Waals surface area contributed by atoms with Crippen LogP contribution in [0.15, 0.2) is 42.6 Å². The first-order valence-electron chi connectivity index (χ1n) is 9.40. The summed E-state index contributed by atoms with van der Waals surface area (Å²) in [5.41, 5.74) is 2.35. The van der Waals surface area contributed by atoms with Gasteiger partial charge in [0.25, 0.3) is 0 Å². The van der Waals surface area contributed by atoms with Crippen molar-refractivity contribution in [2.45, 2.75) is 37.6 Å². The van der Waals surface area contributed by atoms with Crippen LogP contribution in [-0.2, 0) is 4.79 Å². The largest absolute Gasteiger partial charge is 0.341 e. The fraction of sp³-hybridized carbons (Fsp3) is 0.500. The van der Waals surface area contributed by atoms with Crippen molar-refractivity contribution < 1.29 is 4.79 Å².